The lowest BCUT2D eigenvalue weighted by molar-refractivity contribution is -0.277. The molecule has 0 aromatic carbocycles. The standard InChI is InChI=1S/C3H2F5O/c4-2(5,1-9)3(6,7)8/h1,9H. The maximum atomic E-state index is 11.2. The molecule has 0 fully saturated rings. The highest BCUT2D eigenvalue weighted by Gasteiger charge is 2.57. The van der Waals surface area contributed by atoms with Crippen LogP contribution in [0.15, 0.2) is 0 Å². The summed E-state index contributed by atoms with van der Waals surface area (Å²) in [5, 5.41) is 7.33. The molecule has 0 aromatic heterocycles. The average molecular weight is 149 g/mol. The van der Waals surface area contributed by atoms with Crippen LogP contribution in [-0.2, 0) is 0 Å². The Labute approximate surface area is 47.1 Å². The normalized spacial score (nSPS) is 14.0. The Balaban J connectivity index is 4.14. The molecule has 0 rings (SSSR count). The molecular weight excluding hydrogens is 147 g/mol. The molecule has 9 heavy (non-hydrogen) atoms. The molecule has 0 bridgehead atoms. The number of alkyl halides is 5. The SMILES string of the molecule is O[CH]C(F)(F)C(F)(F)F. The molecule has 55 valence electrons. The first-order valence-corrected chi connectivity index (χ1v) is 1.74. The van der Waals surface area contributed by atoms with Crippen LogP contribution < -0.4 is 0 Å². The van der Waals surface area contributed by atoms with Crippen molar-refractivity contribution in [2.24, 2.45) is 0 Å². The van der Waals surface area contributed by atoms with E-state index in [-0.39, 0.29) is 0 Å². The summed E-state index contributed by atoms with van der Waals surface area (Å²) < 4.78 is 55.1. The van der Waals surface area contributed by atoms with Crippen molar-refractivity contribution < 1.29 is 27.1 Å². The van der Waals surface area contributed by atoms with Crippen LogP contribution >= 0.6 is 0 Å². The fourth-order valence-electron chi connectivity index (χ4n) is 0.0732. The fourth-order valence-corrected chi connectivity index (χ4v) is 0.0732. The van der Waals surface area contributed by atoms with Crippen LogP contribution in [0.2, 0.25) is 0 Å². The second-order valence-corrected chi connectivity index (χ2v) is 1.25. The third-order valence-electron chi connectivity index (χ3n) is 0.540. The monoisotopic (exact) mass is 149 g/mol. The molecule has 0 unspecified atom stereocenters. The van der Waals surface area contributed by atoms with Crippen LogP contribution in [0.1, 0.15) is 0 Å². The van der Waals surface area contributed by atoms with Gasteiger partial charge in [0.05, 0.1) is 0 Å². The summed E-state index contributed by atoms with van der Waals surface area (Å²) in [5.41, 5.74) is 0. The van der Waals surface area contributed by atoms with E-state index < -0.39 is 18.7 Å². The minimum atomic E-state index is -5.69. The topological polar surface area (TPSA) is 20.2 Å². The summed E-state index contributed by atoms with van der Waals surface area (Å²) in [6.07, 6.45) is -5.69. The molecule has 0 amide bonds. The molecule has 0 aliphatic rings. The molecule has 6 heteroatoms. The van der Waals surface area contributed by atoms with Gasteiger partial charge >= 0.3 is 12.1 Å². The van der Waals surface area contributed by atoms with E-state index in [4.69, 9.17) is 5.11 Å². The van der Waals surface area contributed by atoms with Crippen LogP contribution in [0, 0.1) is 6.61 Å². The Morgan fingerprint density at radius 1 is 1.00 bits per heavy atom. The maximum Gasteiger partial charge on any atom is 0.456 e. The van der Waals surface area contributed by atoms with E-state index >= 15 is 0 Å². The number of rotatable bonds is 1. The van der Waals surface area contributed by atoms with Crippen LogP contribution in [0.3, 0.4) is 0 Å². The van der Waals surface area contributed by atoms with Gasteiger partial charge in [-0.3, -0.25) is 0 Å². The number of hydrogen-bond acceptors (Lipinski definition) is 1. The first-order chi connectivity index (χ1) is 3.81. The molecule has 1 N–H and O–H groups in total. The van der Waals surface area contributed by atoms with Gasteiger partial charge in [-0.2, -0.15) is 22.0 Å². The predicted molar refractivity (Wildman–Crippen MR) is 17.2 cm³/mol. The van der Waals surface area contributed by atoms with Crippen LogP contribution in [0.4, 0.5) is 22.0 Å². The van der Waals surface area contributed by atoms with Gasteiger partial charge in [-0.15, -0.1) is 0 Å². The second kappa shape index (κ2) is 2.09. The predicted octanol–water partition coefficient (Wildman–Crippen LogP) is 1.72. The van der Waals surface area contributed by atoms with Gasteiger partial charge in [-0.25, -0.2) is 0 Å². The van der Waals surface area contributed by atoms with Gasteiger partial charge in [0.25, 0.3) is 0 Å². The highest BCUT2D eigenvalue weighted by molar-refractivity contribution is 4.82. The molecule has 0 spiro atoms. The minimum absolute atomic E-state index is 1.19. The third kappa shape index (κ3) is 1.78. The maximum absolute atomic E-state index is 11.2. The second-order valence-electron chi connectivity index (χ2n) is 1.25. The molecule has 0 aliphatic heterocycles. The van der Waals surface area contributed by atoms with Gasteiger partial charge in [-0.05, 0) is 0 Å². The van der Waals surface area contributed by atoms with E-state index in [9.17, 15) is 22.0 Å². The average Bonchev–Trinajstić information content (AvgIpc) is 1.64. The Morgan fingerprint density at radius 2 is 1.33 bits per heavy atom. The Hall–Kier alpha value is -0.390. The summed E-state index contributed by atoms with van der Waals surface area (Å²) in [5.74, 6) is -5.09. The first kappa shape index (κ1) is 8.61. The zero-order chi connectivity index (χ0) is 7.71. The number of halogens is 5. The smallest absolute Gasteiger partial charge is 0.383 e. The molecule has 1 radical (unpaired) electrons. The zero-order valence-corrected chi connectivity index (χ0v) is 3.91. The lowest BCUT2D eigenvalue weighted by atomic mass is 10.3. The molecule has 0 aromatic rings. The first-order valence-electron chi connectivity index (χ1n) is 1.74. The summed E-state index contributed by atoms with van der Waals surface area (Å²) in [4.78, 5) is 0. The lowest BCUT2D eigenvalue weighted by Crippen LogP contribution is -2.36. The largest absolute Gasteiger partial charge is 0.456 e. The van der Waals surface area contributed by atoms with Gasteiger partial charge in [0, 0.05) is 0 Å². The van der Waals surface area contributed by atoms with E-state index in [0.717, 1.165) is 0 Å². The summed E-state index contributed by atoms with van der Waals surface area (Å²) in [6, 6.07) is 0. The zero-order valence-electron chi connectivity index (χ0n) is 3.91. The lowest BCUT2D eigenvalue weighted by Gasteiger charge is -2.15. The van der Waals surface area contributed by atoms with Crippen molar-refractivity contribution in [2.75, 3.05) is 0 Å². The molecule has 0 atom stereocenters. The summed E-state index contributed by atoms with van der Waals surface area (Å²) >= 11 is 0. The van der Waals surface area contributed by atoms with Crippen molar-refractivity contribution in [3.05, 3.63) is 6.61 Å². The highest BCUT2D eigenvalue weighted by Crippen LogP contribution is 2.36. The third-order valence-corrected chi connectivity index (χ3v) is 0.540. The molecule has 1 nitrogen and oxygen atoms in total. The molecular formula is C3H2F5O. The van der Waals surface area contributed by atoms with E-state index in [0.29, 0.717) is 0 Å². The Bertz CT molecular complexity index is 94.9. The quantitative estimate of drug-likeness (QED) is 0.562. The number of aliphatic hydroxyl groups excluding tert-OH is 1. The summed E-state index contributed by atoms with van der Waals surface area (Å²) in [6.45, 7) is -1.19. The molecule has 0 heterocycles. The molecule has 0 saturated carbocycles. The van der Waals surface area contributed by atoms with Gasteiger partial charge in [0.1, 0.15) is 0 Å². The highest BCUT2D eigenvalue weighted by atomic mass is 19.4. The molecule has 0 saturated heterocycles. The number of hydrogen-bond donors (Lipinski definition) is 1. The van der Waals surface area contributed by atoms with Gasteiger partial charge in [0.15, 0.2) is 6.61 Å². The van der Waals surface area contributed by atoms with E-state index in [1.54, 1.807) is 0 Å². The van der Waals surface area contributed by atoms with Crippen LogP contribution in [0.5, 0.6) is 0 Å². The van der Waals surface area contributed by atoms with Crippen molar-refractivity contribution in [3.63, 3.8) is 0 Å². The summed E-state index contributed by atoms with van der Waals surface area (Å²) in [7, 11) is 0. The fraction of sp³-hybridized carbons (Fsp3) is 0.667. The van der Waals surface area contributed by atoms with E-state index in [2.05, 4.69) is 0 Å². The Kier molecular flexibility index (Phi) is 2.00. The van der Waals surface area contributed by atoms with Gasteiger partial charge in [-0.1, -0.05) is 0 Å². The van der Waals surface area contributed by atoms with Gasteiger partial charge < -0.3 is 5.11 Å². The Morgan fingerprint density at radius 3 is 1.33 bits per heavy atom. The van der Waals surface area contributed by atoms with Crippen LogP contribution in [-0.4, -0.2) is 17.2 Å². The minimum Gasteiger partial charge on any atom is -0.383 e. The van der Waals surface area contributed by atoms with Gasteiger partial charge in [0.2, 0.25) is 0 Å². The van der Waals surface area contributed by atoms with E-state index in [1.165, 1.54) is 0 Å². The van der Waals surface area contributed by atoms with Crippen molar-refractivity contribution in [3.8, 4) is 0 Å². The van der Waals surface area contributed by atoms with E-state index in [1.807, 2.05) is 0 Å². The van der Waals surface area contributed by atoms with Crippen molar-refractivity contribution in [1.82, 2.24) is 0 Å². The number of aliphatic hydroxyl groups is 1. The van der Waals surface area contributed by atoms with Crippen LogP contribution in [0.25, 0.3) is 0 Å². The van der Waals surface area contributed by atoms with Crippen molar-refractivity contribution in [1.29, 1.82) is 0 Å². The van der Waals surface area contributed by atoms with Crippen molar-refractivity contribution in [2.45, 2.75) is 12.1 Å². The van der Waals surface area contributed by atoms with Crippen molar-refractivity contribution >= 4 is 0 Å². The molecule has 0 aliphatic carbocycles.